The standard InChI is InChI=1S/C10H20N2O/c1-8(9-5-3-4-6-9)12-10(13)7-11-2/h8-9,11H,3-7H2,1-2H3,(H,12,13)/t8-/m1/s1. The predicted octanol–water partition coefficient (Wildman–Crippen LogP) is 0.901. The van der Waals surface area contributed by atoms with Crippen LogP contribution in [-0.4, -0.2) is 25.5 Å². The molecule has 0 aromatic carbocycles. The fraction of sp³-hybridized carbons (Fsp3) is 0.900. The van der Waals surface area contributed by atoms with Gasteiger partial charge >= 0.3 is 0 Å². The molecule has 13 heavy (non-hydrogen) atoms. The highest BCUT2D eigenvalue weighted by atomic mass is 16.1. The van der Waals surface area contributed by atoms with E-state index in [0.29, 0.717) is 18.5 Å². The van der Waals surface area contributed by atoms with Gasteiger partial charge in [-0.3, -0.25) is 4.79 Å². The highest BCUT2D eigenvalue weighted by molar-refractivity contribution is 5.78. The van der Waals surface area contributed by atoms with Crippen LogP contribution >= 0.6 is 0 Å². The summed E-state index contributed by atoms with van der Waals surface area (Å²) in [5, 5.41) is 5.87. The van der Waals surface area contributed by atoms with Gasteiger partial charge in [-0.25, -0.2) is 0 Å². The summed E-state index contributed by atoms with van der Waals surface area (Å²) in [5.74, 6) is 0.822. The van der Waals surface area contributed by atoms with Crippen molar-refractivity contribution in [2.24, 2.45) is 5.92 Å². The molecule has 0 aromatic heterocycles. The Bertz CT molecular complexity index is 164. The van der Waals surface area contributed by atoms with Crippen molar-refractivity contribution in [3.63, 3.8) is 0 Å². The number of carbonyl (C=O) groups is 1. The average Bonchev–Trinajstić information content (AvgIpc) is 2.55. The number of carbonyl (C=O) groups excluding carboxylic acids is 1. The molecule has 0 bridgehead atoms. The van der Waals surface area contributed by atoms with Gasteiger partial charge in [-0.2, -0.15) is 0 Å². The van der Waals surface area contributed by atoms with Crippen LogP contribution in [0.2, 0.25) is 0 Å². The van der Waals surface area contributed by atoms with Gasteiger partial charge in [0.2, 0.25) is 5.91 Å². The van der Waals surface area contributed by atoms with Crippen LogP contribution in [0.25, 0.3) is 0 Å². The van der Waals surface area contributed by atoms with Gasteiger partial charge in [0.25, 0.3) is 0 Å². The molecule has 0 aliphatic heterocycles. The summed E-state index contributed by atoms with van der Waals surface area (Å²) in [7, 11) is 1.79. The minimum atomic E-state index is 0.113. The van der Waals surface area contributed by atoms with Crippen molar-refractivity contribution >= 4 is 5.91 Å². The lowest BCUT2D eigenvalue weighted by atomic mass is 10.00. The number of hydrogen-bond acceptors (Lipinski definition) is 2. The third-order valence-corrected chi connectivity index (χ3v) is 2.83. The summed E-state index contributed by atoms with van der Waals surface area (Å²) in [6.45, 7) is 2.54. The molecule has 1 rings (SSSR count). The van der Waals surface area contributed by atoms with Crippen molar-refractivity contribution in [2.45, 2.75) is 38.6 Å². The molecule has 1 atom stereocenters. The SMILES string of the molecule is CNCC(=O)N[C@H](C)C1CCCC1. The number of amides is 1. The van der Waals surface area contributed by atoms with Gasteiger partial charge in [-0.15, -0.1) is 0 Å². The zero-order valence-corrected chi connectivity index (χ0v) is 8.60. The maximum Gasteiger partial charge on any atom is 0.234 e. The molecule has 0 aromatic rings. The molecule has 0 spiro atoms. The minimum Gasteiger partial charge on any atom is -0.352 e. The molecule has 1 amide bonds. The molecule has 1 saturated carbocycles. The monoisotopic (exact) mass is 184 g/mol. The molecule has 76 valence electrons. The topological polar surface area (TPSA) is 41.1 Å². The Kier molecular flexibility index (Phi) is 4.22. The lowest BCUT2D eigenvalue weighted by molar-refractivity contribution is -0.121. The maximum absolute atomic E-state index is 11.2. The van der Waals surface area contributed by atoms with Gasteiger partial charge in [0, 0.05) is 6.04 Å². The van der Waals surface area contributed by atoms with E-state index in [4.69, 9.17) is 0 Å². The Labute approximate surface area is 80.3 Å². The third-order valence-electron chi connectivity index (χ3n) is 2.83. The van der Waals surface area contributed by atoms with Gasteiger partial charge in [-0.1, -0.05) is 12.8 Å². The molecular formula is C10H20N2O. The van der Waals surface area contributed by atoms with E-state index in [-0.39, 0.29) is 5.91 Å². The molecule has 0 heterocycles. The summed E-state index contributed by atoms with van der Waals surface area (Å²) < 4.78 is 0. The van der Waals surface area contributed by atoms with Crippen LogP contribution in [-0.2, 0) is 4.79 Å². The van der Waals surface area contributed by atoms with Crippen molar-refractivity contribution in [1.82, 2.24) is 10.6 Å². The van der Waals surface area contributed by atoms with Crippen LogP contribution in [0.15, 0.2) is 0 Å². The minimum absolute atomic E-state index is 0.113. The largest absolute Gasteiger partial charge is 0.352 e. The second-order valence-corrected chi connectivity index (χ2v) is 3.93. The maximum atomic E-state index is 11.2. The molecule has 0 radical (unpaired) electrons. The van der Waals surface area contributed by atoms with E-state index in [1.54, 1.807) is 7.05 Å². The second-order valence-electron chi connectivity index (χ2n) is 3.93. The first-order valence-corrected chi connectivity index (χ1v) is 5.18. The fourth-order valence-electron chi connectivity index (χ4n) is 2.04. The molecule has 1 fully saturated rings. The van der Waals surface area contributed by atoms with Crippen molar-refractivity contribution < 1.29 is 4.79 Å². The first kappa shape index (κ1) is 10.5. The summed E-state index contributed by atoms with van der Waals surface area (Å²) in [5.41, 5.74) is 0. The van der Waals surface area contributed by atoms with Gasteiger partial charge in [0.15, 0.2) is 0 Å². The first-order chi connectivity index (χ1) is 6.24. The highest BCUT2D eigenvalue weighted by Gasteiger charge is 2.22. The summed E-state index contributed by atoms with van der Waals surface area (Å²) >= 11 is 0. The molecule has 1 aliphatic carbocycles. The molecular weight excluding hydrogens is 164 g/mol. The van der Waals surface area contributed by atoms with Gasteiger partial charge in [-0.05, 0) is 32.7 Å². The Morgan fingerprint density at radius 1 is 1.46 bits per heavy atom. The first-order valence-electron chi connectivity index (χ1n) is 5.18. The van der Waals surface area contributed by atoms with E-state index in [1.807, 2.05) is 0 Å². The quantitative estimate of drug-likeness (QED) is 0.681. The van der Waals surface area contributed by atoms with Crippen molar-refractivity contribution in [2.75, 3.05) is 13.6 Å². The molecule has 0 unspecified atom stereocenters. The lowest BCUT2D eigenvalue weighted by Gasteiger charge is -2.20. The van der Waals surface area contributed by atoms with E-state index in [0.717, 1.165) is 0 Å². The third kappa shape index (κ3) is 3.35. The van der Waals surface area contributed by atoms with E-state index < -0.39 is 0 Å². The number of nitrogens with one attached hydrogen (secondary N) is 2. The van der Waals surface area contributed by atoms with Crippen LogP contribution in [0.1, 0.15) is 32.6 Å². The Morgan fingerprint density at radius 2 is 2.08 bits per heavy atom. The molecule has 2 N–H and O–H groups in total. The summed E-state index contributed by atoms with van der Waals surface area (Å²) in [6.07, 6.45) is 5.22. The van der Waals surface area contributed by atoms with Crippen molar-refractivity contribution in [3.8, 4) is 0 Å². The normalized spacial score (nSPS) is 20.2. The van der Waals surface area contributed by atoms with E-state index in [1.165, 1.54) is 25.7 Å². The van der Waals surface area contributed by atoms with Crippen molar-refractivity contribution in [3.05, 3.63) is 0 Å². The second kappa shape index (κ2) is 5.22. The Balaban J connectivity index is 2.22. The molecule has 1 aliphatic rings. The smallest absolute Gasteiger partial charge is 0.234 e. The Hall–Kier alpha value is -0.570. The van der Waals surface area contributed by atoms with Crippen molar-refractivity contribution in [1.29, 1.82) is 0 Å². The van der Waals surface area contributed by atoms with Crippen LogP contribution in [0.3, 0.4) is 0 Å². The fourth-order valence-corrected chi connectivity index (χ4v) is 2.04. The van der Waals surface area contributed by atoms with E-state index in [9.17, 15) is 4.79 Å². The van der Waals surface area contributed by atoms with Gasteiger partial charge < -0.3 is 10.6 Å². The number of likely N-dealkylation sites (N-methyl/N-ethyl adjacent to an activating group) is 1. The average molecular weight is 184 g/mol. The summed E-state index contributed by atoms with van der Waals surface area (Å²) in [4.78, 5) is 11.2. The van der Waals surface area contributed by atoms with E-state index >= 15 is 0 Å². The van der Waals surface area contributed by atoms with Crippen LogP contribution in [0, 0.1) is 5.92 Å². The van der Waals surface area contributed by atoms with Crippen LogP contribution < -0.4 is 10.6 Å². The predicted molar refractivity (Wildman–Crippen MR) is 53.5 cm³/mol. The van der Waals surface area contributed by atoms with Gasteiger partial charge in [0.05, 0.1) is 6.54 Å². The highest BCUT2D eigenvalue weighted by Crippen LogP contribution is 2.27. The molecule has 0 saturated heterocycles. The lowest BCUT2D eigenvalue weighted by Crippen LogP contribution is -2.41. The zero-order chi connectivity index (χ0) is 9.68. The Morgan fingerprint density at radius 3 is 2.62 bits per heavy atom. The number of hydrogen-bond donors (Lipinski definition) is 2. The summed E-state index contributed by atoms with van der Waals surface area (Å²) in [6, 6.07) is 0.350. The molecule has 3 heteroatoms. The van der Waals surface area contributed by atoms with Crippen LogP contribution in [0.4, 0.5) is 0 Å². The number of rotatable bonds is 4. The van der Waals surface area contributed by atoms with Gasteiger partial charge in [0.1, 0.15) is 0 Å². The molecule has 3 nitrogen and oxygen atoms in total. The van der Waals surface area contributed by atoms with Crippen LogP contribution in [0.5, 0.6) is 0 Å². The van der Waals surface area contributed by atoms with E-state index in [2.05, 4.69) is 17.6 Å². The zero-order valence-electron chi connectivity index (χ0n) is 8.60.